The minimum Gasteiger partial charge on any atom is -0.319 e. The van der Waals surface area contributed by atoms with Crippen LogP contribution in [0.3, 0.4) is 0 Å². The van der Waals surface area contributed by atoms with Crippen molar-refractivity contribution in [2.45, 2.75) is 13.0 Å². The summed E-state index contributed by atoms with van der Waals surface area (Å²) in [6, 6.07) is 6.13. The van der Waals surface area contributed by atoms with E-state index in [0.717, 1.165) is 12.1 Å². The molecule has 1 aromatic carbocycles. The number of fused-ring (bicyclic) bond motifs is 1. The highest BCUT2D eigenvalue weighted by Crippen LogP contribution is 2.24. The van der Waals surface area contributed by atoms with E-state index in [1.165, 1.54) is 22.9 Å². The van der Waals surface area contributed by atoms with Gasteiger partial charge >= 0.3 is 0 Å². The lowest BCUT2D eigenvalue weighted by Gasteiger charge is -2.19. The summed E-state index contributed by atoms with van der Waals surface area (Å²) < 4.78 is 15.8. The highest BCUT2D eigenvalue weighted by molar-refractivity contribution is 6.04. The molecule has 1 aliphatic heterocycles. The molecular weight excluding hydrogens is 285 g/mol. The Morgan fingerprint density at radius 2 is 2.14 bits per heavy atom. The molecule has 0 aliphatic carbocycles. The van der Waals surface area contributed by atoms with Crippen molar-refractivity contribution >= 4 is 11.6 Å². The molecule has 0 unspecified atom stereocenters. The number of benzene rings is 1. The lowest BCUT2D eigenvalue weighted by molar-refractivity contribution is 0.102. The number of pyridine rings is 1. The van der Waals surface area contributed by atoms with Crippen LogP contribution in [0.15, 0.2) is 35.3 Å². The van der Waals surface area contributed by atoms with Gasteiger partial charge in [-0.05, 0) is 36.2 Å². The molecule has 0 fully saturated rings. The number of carbonyl (C=O) groups excluding carboxylic acids is 1. The highest BCUT2D eigenvalue weighted by Gasteiger charge is 2.18. The van der Waals surface area contributed by atoms with Crippen molar-refractivity contribution in [3.63, 3.8) is 0 Å². The molecule has 0 radical (unpaired) electrons. The van der Waals surface area contributed by atoms with Crippen LogP contribution in [-0.2, 0) is 20.0 Å². The number of aryl methyl sites for hydroxylation is 1. The standard InChI is InChI=1S/C16H16FN3O2/c1-20-9-11(3-5-14(20)21)16(22)19-13-4-2-10-8-18-7-6-12(10)15(13)17/h2-5,9,18H,6-8H2,1H3,(H,19,22). The highest BCUT2D eigenvalue weighted by atomic mass is 19.1. The molecule has 0 bridgehead atoms. The number of aromatic nitrogens is 1. The van der Waals surface area contributed by atoms with E-state index >= 15 is 0 Å². The summed E-state index contributed by atoms with van der Waals surface area (Å²) in [7, 11) is 1.56. The van der Waals surface area contributed by atoms with Crippen LogP contribution < -0.4 is 16.2 Å². The van der Waals surface area contributed by atoms with Gasteiger partial charge in [-0.2, -0.15) is 0 Å². The van der Waals surface area contributed by atoms with Gasteiger partial charge in [-0.15, -0.1) is 0 Å². The molecule has 1 aromatic heterocycles. The Kier molecular flexibility index (Phi) is 3.77. The lowest BCUT2D eigenvalue weighted by Crippen LogP contribution is -2.25. The zero-order valence-electron chi connectivity index (χ0n) is 12.1. The Balaban J connectivity index is 1.88. The van der Waals surface area contributed by atoms with Gasteiger partial charge in [0, 0.05) is 25.9 Å². The van der Waals surface area contributed by atoms with E-state index in [1.54, 1.807) is 13.1 Å². The molecule has 1 amide bonds. The molecule has 2 heterocycles. The van der Waals surface area contributed by atoms with Crippen molar-refractivity contribution in [3.8, 4) is 0 Å². The first-order valence-corrected chi connectivity index (χ1v) is 7.05. The van der Waals surface area contributed by atoms with Crippen LogP contribution in [0.2, 0.25) is 0 Å². The van der Waals surface area contributed by atoms with E-state index in [0.29, 0.717) is 24.1 Å². The first-order valence-electron chi connectivity index (χ1n) is 7.05. The number of hydrogen-bond donors (Lipinski definition) is 2. The van der Waals surface area contributed by atoms with Gasteiger partial charge in [0.05, 0.1) is 11.3 Å². The second kappa shape index (κ2) is 5.73. The third-order valence-electron chi connectivity index (χ3n) is 3.80. The topological polar surface area (TPSA) is 63.1 Å². The maximum absolute atomic E-state index is 14.5. The minimum atomic E-state index is -0.441. The molecule has 6 heteroatoms. The summed E-state index contributed by atoms with van der Waals surface area (Å²) in [4.78, 5) is 23.5. The van der Waals surface area contributed by atoms with Crippen molar-refractivity contribution in [1.82, 2.24) is 9.88 Å². The summed E-state index contributed by atoms with van der Waals surface area (Å²) in [5, 5.41) is 5.75. The molecular formula is C16H16FN3O2. The molecule has 114 valence electrons. The largest absolute Gasteiger partial charge is 0.319 e. The zero-order chi connectivity index (χ0) is 15.7. The summed E-state index contributed by atoms with van der Waals surface area (Å²) in [5.41, 5.74) is 1.84. The van der Waals surface area contributed by atoms with Crippen LogP contribution in [0.4, 0.5) is 10.1 Å². The fourth-order valence-electron chi connectivity index (χ4n) is 2.55. The smallest absolute Gasteiger partial charge is 0.257 e. The van der Waals surface area contributed by atoms with Crippen LogP contribution in [0, 0.1) is 5.82 Å². The predicted octanol–water partition coefficient (Wildman–Crippen LogP) is 1.42. The van der Waals surface area contributed by atoms with E-state index in [9.17, 15) is 14.0 Å². The Hall–Kier alpha value is -2.47. The van der Waals surface area contributed by atoms with E-state index in [2.05, 4.69) is 10.6 Å². The minimum absolute atomic E-state index is 0.166. The molecule has 0 saturated heterocycles. The van der Waals surface area contributed by atoms with Gasteiger partial charge in [-0.25, -0.2) is 4.39 Å². The van der Waals surface area contributed by atoms with Gasteiger partial charge in [0.15, 0.2) is 0 Å². The van der Waals surface area contributed by atoms with Gasteiger partial charge < -0.3 is 15.2 Å². The average molecular weight is 301 g/mol. The number of nitrogens with zero attached hydrogens (tertiary/aromatic N) is 1. The molecule has 3 rings (SSSR count). The Morgan fingerprint density at radius 1 is 1.32 bits per heavy atom. The molecule has 5 nitrogen and oxygen atoms in total. The Morgan fingerprint density at radius 3 is 2.91 bits per heavy atom. The van der Waals surface area contributed by atoms with Gasteiger partial charge in [0.2, 0.25) is 5.56 Å². The maximum Gasteiger partial charge on any atom is 0.257 e. The molecule has 0 atom stereocenters. The number of rotatable bonds is 2. The average Bonchev–Trinajstić information content (AvgIpc) is 2.53. The number of amides is 1. The number of nitrogens with one attached hydrogen (secondary N) is 2. The Labute approximate surface area is 126 Å². The number of halogens is 1. The third-order valence-corrected chi connectivity index (χ3v) is 3.80. The predicted molar refractivity (Wildman–Crippen MR) is 81.4 cm³/mol. The summed E-state index contributed by atoms with van der Waals surface area (Å²) >= 11 is 0. The maximum atomic E-state index is 14.5. The Bertz CT molecular complexity index is 798. The van der Waals surface area contributed by atoms with Crippen molar-refractivity contribution in [2.75, 3.05) is 11.9 Å². The van der Waals surface area contributed by atoms with Crippen molar-refractivity contribution in [3.05, 3.63) is 63.3 Å². The van der Waals surface area contributed by atoms with Gasteiger partial charge in [0.25, 0.3) is 5.91 Å². The molecule has 0 saturated carbocycles. The number of hydrogen-bond acceptors (Lipinski definition) is 3. The van der Waals surface area contributed by atoms with Crippen molar-refractivity contribution < 1.29 is 9.18 Å². The van der Waals surface area contributed by atoms with E-state index in [4.69, 9.17) is 0 Å². The summed E-state index contributed by atoms with van der Waals surface area (Å²) in [5.74, 6) is -0.819. The lowest BCUT2D eigenvalue weighted by atomic mass is 9.99. The van der Waals surface area contributed by atoms with E-state index < -0.39 is 5.91 Å². The van der Waals surface area contributed by atoms with E-state index in [-0.39, 0.29) is 17.1 Å². The SMILES string of the molecule is Cn1cc(C(=O)Nc2ccc3c(c2F)CCNC3)ccc1=O. The van der Waals surface area contributed by atoms with Crippen LogP contribution in [0.5, 0.6) is 0 Å². The van der Waals surface area contributed by atoms with Gasteiger partial charge in [-0.1, -0.05) is 6.07 Å². The van der Waals surface area contributed by atoms with Crippen LogP contribution >= 0.6 is 0 Å². The fourth-order valence-corrected chi connectivity index (χ4v) is 2.55. The first kappa shape index (κ1) is 14.5. The van der Waals surface area contributed by atoms with Crippen molar-refractivity contribution in [1.29, 1.82) is 0 Å². The third kappa shape index (κ3) is 2.65. The normalized spacial score (nSPS) is 13.5. The number of carbonyl (C=O) groups is 1. The quantitative estimate of drug-likeness (QED) is 0.882. The first-order chi connectivity index (χ1) is 10.6. The van der Waals surface area contributed by atoms with Gasteiger partial charge in [0.1, 0.15) is 5.82 Å². The van der Waals surface area contributed by atoms with Crippen LogP contribution in [0.25, 0.3) is 0 Å². The summed E-state index contributed by atoms with van der Waals surface area (Å²) in [6.45, 7) is 1.36. The summed E-state index contributed by atoms with van der Waals surface area (Å²) in [6.07, 6.45) is 2.03. The molecule has 2 aromatic rings. The molecule has 0 spiro atoms. The van der Waals surface area contributed by atoms with E-state index in [1.807, 2.05) is 6.07 Å². The zero-order valence-corrected chi connectivity index (χ0v) is 12.1. The monoisotopic (exact) mass is 301 g/mol. The van der Waals surface area contributed by atoms with Crippen LogP contribution in [-0.4, -0.2) is 17.0 Å². The fraction of sp³-hybridized carbons (Fsp3) is 0.250. The number of anilines is 1. The van der Waals surface area contributed by atoms with Crippen LogP contribution in [0.1, 0.15) is 21.5 Å². The van der Waals surface area contributed by atoms with Gasteiger partial charge in [-0.3, -0.25) is 9.59 Å². The molecule has 22 heavy (non-hydrogen) atoms. The molecule has 1 aliphatic rings. The van der Waals surface area contributed by atoms with Crippen molar-refractivity contribution in [2.24, 2.45) is 7.05 Å². The molecule has 2 N–H and O–H groups in total. The second-order valence-electron chi connectivity index (χ2n) is 5.31. The second-order valence-corrected chi connectivity index (χ2v) is 5.31.